The van der Waals surface area contributed by atoms with Gasteiger partial charge in [-0.15, -0.1) is 0 Å². The molecule has 0 aliphatic rings. The van der Waals surface area contributed by atoms with Gasteiger partial charge >= 0.3 is 0 Å². The van der Waals surface area contributed by atoms with Crippen molar-refractivity contribution in [2.45, 2.75) is 20.0 Å². The van der Waals surface area contributed by atoms with Gasteiger partial charge in [0, 0.05) is 10.6 Å². The Labute approximate surface area is 167 Å². The molecule has 108 valence electrons. The molecule has 0 spiro atoms. The van der Waals surface area contributed by atoms with Crippen LogP contribution in [0.2, 0.25) is 0 Å². The number of rotatable bonds is 4. The van der Waals surface area contributed by atoms with Crippen LogP contribution in [-0.4, -0.2) is 9.78 Å². The predicted octanol–water partition coefficient (Wildman–Crippen LogP) is 5.14. The summed E-state index contributed by atoms with van der Waals surface area (Å²) in [5, 5.41) is 4.48. The smallest absolute Gasteiger partial charge is 0.146 e. The van der Waals surface area contributed by atoms with Crippen molar-refractivity contribution in [3.05, 3.63) is 38.7 Å². The topological polar surface area (TPSA) is 27.1 Å². The Balaban J connectivity index is 2.24. The van der Waals surface area contributed by atoms with Crippen molar-refractivity contribution in [1.29, 1.82) is 0 Å². The fraction of sp³-hybridized carbons (Fsp3) is 0.308. The zero-order valence-corrected chi connectivity index (χ0v) is 18.9. The van der Waals surface area contributed by atoms with E-state index in [1.807, 2.05) is 11.7 Å². The first-order valence-electron chi connectivity index (χ1n) is 5.91. The predicted molar refractivity (Wildman–Crippen MR) is 109 cm³/mol. The summed E-state index contributed by atoms with van der Waals surface area (Å²) in [6.07, 6.45) is 0.910. The second kappa shape index (κ2) is 7.44. The lowest BCUT2D eigenvalue weighted by atomic mass is 10.3. The highest BCUT2D eigenvalue weighted by molar-refractivity contribution is 14.1. The van der Waals surface area contributed by atoms with E-state index in [9.17, 15) is 0 Å². The summed E-state index contributed by atoms with van der Waals surface area (Å²) in [7, 11) is 1.95. The number of hydrogen-bond acceptors (Lipinski definition) is 2. The Morgan fingerprint density at radius 1 is 1.25 bits per heavy atom. The highest BCUT2D eigenvalue weighted by Gasteiger charge is 2.15. The first-order valence-corrected chi connectivity index (χ1v) is 9.94. The van der Waals surface area contributed by atoms with Crippen molar-refractivity contribution in [3.8, 4) is 5.75 Å². The molecule has 0 N–H and O–H groups in total. The molecule has 1 aromatic carbocycles. The monoisotopic (exact) mass is 672 g/mol. The van der Waals surface area contributed by atoms with Gasteiger partial charge in [0.05, 0.1) is 23.0 Å². The van der Waals surface area contributed by atoms with Gasteiger partial charge in [-0.2, -0.15) is 5.10 Å². The molecule has 2 aromatic rings. The average molecular weight is 673 g/mol. The number of aromatic nitrogens is 2. The minimum atomic E-state index is 0.511. The van der Waals surface area contributed by atoms with E-state index in [0.717, 1.165) is 35.2 Å². The van der Waals surface area contributed by atoms with Crippen LogP contribution in [-0.2, 0) is 20.1 Å². The maximum Gasteiger partial charge on any atom is 0.146 e. The molecular formula is C13H12BrI3N2O. The number of halogens is 4. The highest BCUT2D eigenvalue weighted by atomic mass is 127. The van der Waals surface area contributed by atoms with Crippen molar-refractivity contribution in [2.75, 3.05) is 0 Å². The van der Waals surface area contributed by atoms with E-state index in [1.165, 1.54) is 3.57 Å². The van der Waals surface area contributed by atoms with Gasteiger partial charge in [0.2, 0.25) is 0 Å². The van der Waals surface area contributed by atoms with E-state index >= 15 is 0 Å². The maximum atomic E-state index is 6.02. The molecule has 1 aromatic heterocycles. The van der Waals surface area contributed by atoms with Gasteiger partial charge in [0.15, 0.2) is 0 Å². The van der Waals surface area contributed by atoms with E-state index in [2.05, 4.69) is 108 Å². The van der Waals surface area contributed by atoms with Gasteiger partial charge < -0.3 is 4.74 Å². The minimum absolute atomic E-state index is 0.511. The summed E-state index contributed by atoms with van der Waals surface area (Å²) in [5.74, 6) is 0.942. The Morgan fingerprint density at radius 2 is 1.85 bits per heavy atom. The molecule has 0 aliphatic heterocycles. The molecule has 3 nitrogen and oxygen atoms in total. The van der Waals surface area contributed by atoms with Crippen molar-refractivity contribution >= 4 is 83.7 Å². The van der Waals surface area contributed by atoms with E-state index in [4.69, 9.17) is 4.74 Å². The van der Waals surface area contributed by atoms with Crippen LogP contribution in [0.15, 0.2) is 16.6 Å². The Hall–Kier alpha value is 0.900. The molecule has 0 saturated carbocycles. The molecule has 0 atom stereocenters. The Morgan fingerprint density at radius 3 is 2.35 bits per heavy atom. The van der Waals surface area contributed by atoms with Crippen LogP contribution in [0.3, 0.4) is 0 Å². The summed E-state index contributed by atoms with van der Waals surface area (Å²) in [6, 6.07) is 4.24. The molecule has 0 unspecified atom stereocenters. The van der Waals surface area contributed by atoms with Gasteiger partial charge in [0.1, 0.15) is 12.4 Å². The molecule has 0 bridgehead atoms. The summed E-state index contributed by atoms with van der Waals surface area (Å²) in [5.41, 5.74) is 2.13. The number of hydrogen-bond donors (Lipinski definition) is 0. The first kappa shape index (κ1) is 17.3. The van der Waals surface area contributed by atoms with Crippen LogP contribution >= 0.6 is 83.7 Å². The van der Waals surface area contributed by atoms with E-state index in [1.54, 1.807) is 0 Å². The van der Waals surface area contributed by atoms with Crippen molar-refractivity contribution in [3.63, 3.8) is 0 Å². The van der Waals surface area contributed by atoms with Crippen LogP contribution in [0.5, 0.6) is 5.75 Å². The number of nitrogens with zero attached hydrogens (tertiary/aromatic N) is 2. The summed E-state index contributed by atoms with van der Waals surface area (Å²) >= 11 is 10.6. The van der Waals surface area contributed by atoms with Crippen LogP contribution in [0, 0.1) is 10.7 Å². The molecule has 0 fully saturated rings. The Kier molecular flexibility index (Phi) is 6.42. The molecule has 0 saturated heterocycles. The van der Waals surface area contributed by atoms with E-state index < -0.39 is 0 Å². The lowest BCUT2D eigenvalue weighted by molar-refractivity contribution is 0.290. The lowest BCUT2D eigenvalue weighted by Crippen LogP contribution is -2.05. The second-order valence-corrected chi connectivity index (χ2v) is 8.53. The minimum Gasteiger partial charge on any atom is -0.485 e. The van der Waals surface area contributed by atoms with Crippen LogP contribution < -0.4 is 4.74 Å². The summed E-state index contributed by atoms with van der Waals surface area (Å²) in [4.78, 5) is 0. The standard InChI is InChI=1S/C13H12BrI3N2O/c1-3-10-12(14)11(19(2)18-10)6-20-13-8(16)4-7(15)5-9(13)17/h4-5H,3,6H2,1-2H3. The fourth-order valence-corrected chi connectivity index (χ4v) is 6.41. The quantitative estimate of drug-likeness (QED) is 0.421. The normalized spacial score (nSPS) is 10.9. The third kappa shape index (κ3) is 3.80. The molecule has 20 heavy (non-hydrogen) atoms. The second-order valence-electron chi connectivity index (χ2n) is 4.17. The summed E-state index contributed by atoms with van der Waals surface area (Å²) < 4.78 is 12.4. The highest BCUT2D eigenvalue weighted by Crippen LogP contribution is 2.31. The third-order valence-electron chi connectivity index (χ3n) is 2.82. The molecule has 0 radical (unpaired) electrons. The summed E-state index contributed by atoms with van der Waals surface area (Å²) in [6.45, 7) is 2.61. The molecule has 1 heterocycles. The lowest BCUT2D eigenvalue weighted by Gasteiger charge is -2.11. The zero-order chi connectivity index (χ0) is 14.9. The Bertz CT molecular complexity index is 620. The van der Waals surface area contributed by atoms with Crippen LogP contribution in [0.25, 0.3) is 0 Å². The SMILES string of the molecule is CCc1nn(C)c(COc2c(I)cc(I)cc2I)c1Br. The molecule has 2 rings (SSSR count). The van der Waals surface area contributed by atoms with Gasteiger partial charge in [-0.05, 0) is 102 Å². The van der Waals surface area contributed by atoms with E-state index in [0.29, 0.717) is 6.61 Å². The number of benzene rings is 1. The average Bonchev–Trinajstić information content (AvgIpc) is 2.64. The van der Waals surface area contributed by atoms with Crippen molar-refractivity contribution < 1.29 is 4.74 Å². The number of ether oxygens (including phenoxy) is 1. The van der Waals surface area contributed by atoms with Crippen molar-refractivity contribution in [1.82, 2.24) is 9.78 Å². The molecule has 7 heteroatoms. The fourth-order valence-electron chi connectivity index (χ4n) is 1.78. The maximum absolute atomic E-state index is 6.02. The van der Waals surface area contributed by atoms with Gasteiger partial charge in [-0.3, -0.25) is 4.68 Å². The van der Waals surface area contributed by atoms with Gasteiger partial charge in [0.25, 0.3) is 0 Å². The largest absolute Gasteiger partial charge is 0.485 e. The first-order chi connectivity index (χ1) is 9.43. The van der Waals surface area contributed by atoms with E-state index in [-0.39, 0.29) is 0 Å². The van der Waals surface area contributed by atoms with Gasteiger partial charge in [-0.1, -0.05) is 6.92 Å². The van der Waals surface area contributed by atoms with Crippen molar-refractivity contribution in [2.24, 2.45) is 7.05 Å². The molecular weight excluding hydrogens is 661 g/mol. The van der Waals surface area contributed by atoms with Crippen LogP contribution in [0.4, 0.5) is 0 Å². The van der Waals surface area contributed by atoms with Gasteiger partial charge in [-0.25, -0.2) is 0 Å². The molecule has 0 amide bonds. The van der Waals surface area contributed by atoms with Crippen LogP contribution in [0.1, 0.15) is 18.3 Å². The molecule has 0 aliphatic carbocycles. The number of aryl methyl sites for hydroxylation is 2. The zero-order valence-electron chi connectivity index (χ0n) is 10.9. The third-order valence-corrected chi connectivity index (χ3v) is 5.96.